The summed E-state index contributed by atoms with van der Waals surface area (Å²) in [6.45, 7) is 1.41. The van der Waals surface area contributed by atoms with Crippen molar-refractivity contribution in [1.82, 2.24) is 20.0 Å². The Hall–Kier alpha value is -3.46. The molecule has 9 nitrogen and oxygen atoms in total. The zero-order valence-corrected chi connectivity index (χ0v) is 16.8. The number of aromatic nitrogens is 3. The molecule has 154 valence electrons. The summed E-state index contributed by atoms with van der Waals surface area (Å²) in [7, 11) is 0. The van der Waals surface area contributed by atoms with E-state index in [1.807, 2.05) is 18.2 Å². The first-order chi connectivity index (χ1) is 14.4. The Morgan fingerprint density at radius 1 is 1.13 bits per heavy atom. The molecule has 1 fully saturated rings. The van der Waals surface area contributed by atoms with Crippen LogP contribution in [-0.2, 0) is 20.9 Å². The van der Waals surface area contributed by atoms with E-state index < -0.39 is 22.7 Å². The summed E-state index contributed by atoms with van der Waals surface area (Å²) in [5, 5.41) is 9.38. The first kappa shape index (κ1) is 19.8. The van der Waals surface area contributed by atoms with Gasteiger partial charge in [0.15, 0.2) is 0 Å². The van der Waals surface area contributed by atoms with Crippen LogP contribution in [0.2, 0.25) is 0 Å². The van der Waals surface area contributed by atoms with E-state index in [4.69, 9.17) is 16.3 Å². The van der Waals surface area contributed by atoms with E-state index in [-0.39, 0.29) is 19.7 Å². The van der Waals surface area contributed by atoms with Crippen molar-refractivity contribution in [2.45, 2.75) is 13.5 Å². The molecule has 1 atom stereocenters. The van der Waals surface area contributed by atoms with Crippen molar-refractivity contribution >= 4 is 45.6 Å². The molecular weight excluding hydrogens is 410 g/mol. The molecule has 1 unspecified atom stereocenters. The van der Waals surface area contributed by atoms with Crippen LogP contribution < -0.4 is 5.01 Å². The van der Waals surface area contributed by atoms with Crippen molar-refractivity contribution in [2.75, 3.05) is 18.2 Å². The Labute approximate surface area is 176 Å². The molecule has 3 aromatic rings. The molecule has 1 aromatic heterocycles. The standard InChI is InChI=1S/C20H18ClN5O4/c1-20(12-25(14-7-3-2-4-8-14)26(18(20)28)19(21)29)13-30-17(27)11-24-16-10-6-5-9-15(16)22-23-24/h2-10H,11-13H2,1H3. The van der Waals surface area contributed by atoms with Gasteiger partial charge in [-0.2, -0.15) is 5.01 Å². The number of amides is 2. The molecule has 2 heterocycles. The van der Waals surface area contributed by atoms with Crippen molar-refractivity contribution in [1.29, 1.82) is 0 Å². The number of carbonyl (C=O) groups excluding carboxylic acids is 3. The second-order valence-corrected chi connectivity index (χ2v) is 7.54. The molecule has 2 aromatic carbocycles. The molecule has 10 heteroatoms. The number of para-hydroxylation sites is 2. The summed E-state index contributed by atoms with van der Waals surface area (Å²) < 4.78 is 6.81. The van der Waals surface area contributed by atoms with Crippen LogP contribution >= 0.6 is 11.6 Å². The lowest BCUT2D eigenvalue weighted by Crippen LogP contribution is -2.42. The first-order valence-corrected chi connectivity index (χ1v) is 9.57. The number of fused-ring (bicyclic) bond motifs is 1. The summed E-state index contributed by atoms with van der Waals surface area (Å²) in [6, 6.07) is 16.1. The molecule has 2 amide bonds. The highest BCUT2D eigenvalue weighted by Crippen LogP contribution is 2.35. The smallest absolute Gasteiger partial charge is 0.342 e. The van der Waals surface area contributed by atoms with Crippen molar-refractivity contribution in [3.8, 4) is 0 Å². The molecular formula is C20H18ClN5O4. The van der Waals surface area contributed by atoms with Gasteiger partial charge in [-0.25, -0.2) is 4.68 Å². The normalized spacial score (nSPS) is 18.8. The Balaban J connectivity index is 1.47. The Morgan fingerprint density at radius 3 is 2.57 bits per heavy atom. The van der Waals surface area contributed by atoms with Crippen LogP contribution in [0.15, 0.2) is 54.6 Å². The minimum absolute atomic E-state index is 0.133. The SMILES string of the molecule is CC1(COC(=O)Cn2nnc3ccccc32)CN(c2ccccc2)N(C(=O)Cl)C1=O. The molecule has 0 N–H and O–H groups in total. The second kappa shape index (κ2) is 7.75. The van der Waals surface area contributed by atoms with E-state index in [2.05, 4.69) is 10.3 Å². The molecule has 1 saturated heterocycles. The first-order valence-electron chi connectivity index (χ1n) is 9.19. The van der Waals surface area contributed by atoms with Gasteiger partial charge in [-0.3, -0.25) is 19.4 Å². The van der Waals surface area contributed by atoms with Crippen LogP contribution in [0.25, 0.3) is 11.0 Å². The van der Waals surface area contributed by atoms with Crippen LogP contribution in [0, 0.1) is 5.41 Å². The number of hydrazine groups is 1. The van der Waals surface area contributed by atoms with E-state index in [0.717, 1.165) is 5.01 Å². The lowest BCUT2D eigenvalue weighted by atomic mass is 9.92. The van der Waals surface area contributed by atoms with E-state index in [1.165, 1.54) is 9.69 Å². The van der Waals surface area contributed by atoms with E-state index in [9.17, 15) is 14.4 Å². The van der Waals surface area contributed by atoms with Crippen LogP contribution in [0.4, 0.5) is 10.5 Å². The fourth-order valence-corrected chi connectivity index (χ4v) is 3.53. The van der Waals surface area contributed by atoms with Gasteiger partial charge >= 0.3 is 11.3 Å². The fraction of sp³-hybridized carbons (Fsp3) is 0.250. The minimum atomic E-state index is -1.14. The highest BCUT2D eigenvalue weighted by atomic mass is 35.5. The molecule has 0 radical (unpaired) electrons. The predicted octanol–water partition coefficient (Wildman–Crippen LogP) is 2.60. The van der Waals surface area contributed by atoms with Gasteiger partial charge in [0.1, 0.15) is 24.1 Å². The number of ether oxygens (including phenoxy) is 1. The predicted molar refractivity (Wildman–Crippen MR) is 108 cm³/mol. The summed E-state index contributed by atoms with van der Waals surface area (Å²) in [4.78, 5) is 37.2. The Kier molecular flexibility index (Phi) is 5.13. The Bertz CT molecular complexity index is 1120. The molecule has 0 bridgehead atoms. The maximum Gasteiger partial charge on any atom is 0.342 e. The number of nitrogens with zero attached hydrogens (tertiary/aromatic N) is 5. The highest BCUT2D eigenvalue weighted by molar-refractivity contribution is 6.64. The molecule has 30 heavy (non-hydrogen) atoms. The van der Waals surface area contributed by atoms with Crippen molar-refractivity contribution < 1.29 is 19.1 Å². The maximum absolute atomic E-state index is 12.9. The number of carbonyl (C=O) groups is 3. The lowest BCUT2D eigenvalue weighted by Gasteiger charge is -2.25. The van der Waals surface area contributed by atoms with Gasteiger partial charge in [0.05, 0.1) is 17.7 Å². The number of imide groups is 1. The lowest BCUT2D eigenvalue weighted by molar-refractivity contribution is -0.150. The monoisotopic (exact) mass is 427 g/mol. The van der Waals surface area contributed by atoms with Crippen LogP contribution in [0.5, 0.6) is 0 Å². The van der Waals surface area contributed by atoms with Crippen LogP contribution in [0.3, 0.4) is 0 Å². The number of anilines is 1. The van der Waals surface area contributed by atoms with Crippen molar-refractivity contribution in [3.05, 3.63) is 54.6 Å². The molecule has 4 rings (SSSR count). The van der Waals surface area contributed by atoms with Gasteiger partial charge in [-0.05, 0) is 42.8 Å². The number of rotatable bonds is 5. The van der Waals surface area contributed by atoms with Gasteiger partial charge in [0.25, 0.3) is 5.91 Å². The third-order valence-corrected chi connectivity index (χ3v) is 5.08. The average Bonchev–Trinajstić information content (AvgIpc) is 3.26. The van der Waals surface area contributed by atoms with Gasteiger partial charge in [-0.1, -0.05) is 35.5 Å². The molecule has 0 aliphatic carbocycles. The number of esters is 1. The van der Waals surface area contributed by atoms with Crippen molar-refractivity contribution in [2.24, 2.45) is 5.41 Å². The summed E-state index contributed by atoms with van der Waals surface area (Å²) in [5.74, 6) is -1.10. The van der Waals surface area contributed by atoms with E-state index in [1.54, 1.807) is 43.3 Å². The van der Waals surface area contributed by atoms with Crippen LogP contribution in [0.1, 0.15) is 6.92 Å². The third kappa shape index (κ3) is 3.59. The van der Waals surface area contributed by atoms with Gasteiger partial charge in [-0.15, -0.1) is 5.10 Å². The highest BCUT2D eigenvalue weighted by Gasteiger charge is 2.51. The quantitative estimate of drug-likeness (QED) is 0.350. The number of halogens is 1. The summed E-state index contributed by atoms with van der Waals surface area (Å²) >= 11 is 5.66. The second-order valence-electron chi connectivity index (χ2n) is 7.22. The topological polar surface area (TPSA) is 97.6 Å². The van der Waals surface area contributed by atoms with Crippen LogP contribution in [-0.4, -0.2) is 50.4 Å². The third-order valence-electron chi connectivity index (χ3n) is 4.92. The molecule has 0 spiro atoms. The summed E-state index contributed by atoms with van der Waals surface area (Å²) in [6.07, 6.45) is 0. The largest absolute Gasteiger partial charge is 0.463 e. The molecule has 0 saturated carbocycles. The fourth-order valence-electron chi connectivity index (χ4n) is 3.36. The maximum atomic E-state index is 12.9. The zero-order chi connectivity index (χ0) is 21.3. The number of benzene rings is 2. The number of hydrogen-bond donors (Lipinski definition) is 0. The molecule has 1 aliphatic rings. The van der Waals surface area contributed by atoms with Gasteiger partial charge < -0.3 is 4.74 Å². The summed E-state index contributed by atoms with van der Waals surface area (Å²) in [5.41, 5.74) is 0.856. The molecule has 1 aliphatic heterocycles. The Morgan fingerprint density at radius 2 is 1.83 bits per heavy atom. The van der Waals surface area contributed by atoms with Crippen molar-refractivity contribution in [3.63, 3.8) is 0 Å². The minimum Gasteiger partial charge on any atom is -0.463 e. The average molecular weight is 428 g/mol. The zero-order valence-electron chi connectivity index (χ0n) is 16.1. The van der Waals surface area contributed by atoms with E-state index in [0.29, 0.717) is 16.7 Å². The number of hydrogen-bond acceptors (Lipinski definition) is 7. The van der Waals surface area contributed by atoms with E-state index >= 15 is 0 Å². The van der Waals surface area contributed by atoms with Gasteiger partial charge in [0, 0.05) is 0 Å². The van der Waals surface area contributed by atoms with Gasteiger partial charge in [0.2, 0.25) is 0 Å².